The number of aromatic nitrogens is 3. The summed E-state index contributed by atoms with van der Waals surface area (Å²) in [6.45, 7) is 0. The van der Waals surface area contributed by atoms with Gasteiger partial charge in [0.05, 0.1) is 77.3 Å². The summed E-state index contributed by atoms with van der Waals surface area (Å²) in [6.07, 6.45) is 0. The van der Waals surface area contributed by atoms with Crippen molar-refractivity contribution >= 4 is 126 Å². The first-order valence-electron chi connectivity index (χ1n) is 23.9. The highest BCUT2D eigenvalue weighted by Crippen LogP contribution is 2.46. The number of hydrogen-bond donors (Lipinski definition) is 0. The van der Waals surface area contributed by atoms with Crippen LogP contribution in [0.15, 0.2) is 206 Å². The molecule has 0 unspecified atom stereocenters. The molecule has 0 saturated carbocycles. The molecule has 0 amide bonds. The standard InChI is InChI=1S/C64H31N5O4/c65-32-35-29-53(67-47-18-5-1-12-42(47)58-51(67)27-25-40-38-11-4-8-22-55(38)72-63(40)58)54(30-36(35)33-66)68-48-19-6-2-13-43(48)59-52(68)28-26-41-39-24-23-34(31-56(39)73-64(41)59)37-15-10-21-50-57(37)62(71)46-17-9-16-45-60(46)69(50)49-20-7-3-14-44(49)61(45)70/h1-31H. The molecule has 73 heavy (non-hydrogen) atoms. The van der Waals surface area contributed by atoms with Gasteiger partial charge < -0.3 is 22.4 Å². The van der Waals surface area contributed by atoms with Crippen molar-refractivity contribution in [2.45, 2.75) is 0 Å². The van der Waals surface area contributed by atoms with Crippen molar-refractivity contribution in [3.05, 3.63) is 220 Å². The van der Waals surface area contributed by atoms with Crippen molar-refractivity contribution in [2.24, 2.45) is 0 Å². The molecule has 0 atom stereocenters. The SMILES string of the molecule is N#Cc1cc(-n2c3ccccc3c3c4oc5ccccc5c4ccc32)c(-n2c3ccccc3c3c4oc5cc(-c6cccc7c6c(=O)c6cccc8c(=O)c9ccccc9n7c86)ccc5c4ccc32)cc1C#N. The van der Waals surface area contributed by atoms with Crippen molar-refractivity contribution in [1.82, 2.24) is 13.5 Å². The van der Waals surface area contributed by atoms with Crippen LogP contribution in [0, 0.1) is 22.7 Å². The van der Waals surface area contributed by atoms with Gasteiger partial charge in [0.2, 0.25) is 0 Å². The number of hydrogen-bond acceptors (Lipinski definition) is 6. The van der Waals surface area contributed by atoms with E-state index < -0.39 is 0 Å². The van der Waals surface area contributed by atoms with Gasteiger partial charge in [-0.25, -0.2) is 0 Å². The van der Waals surface area contributed by atoms with Crippen molar-refractivity contribution in [1.29, 1.82) is 10.5 Å². The lowest BCUT2D eigenvalue weighted by molar-refractivity contribution is 0.672. The Kier molecular flexibility index (Phi) is 7.59. The molecule has 16 rings (SSSR count). The van der Waals surface area contributed by atoms with Gasteiger partial charge in [0, 0.05) is 48.5 Å². The second-order valence-electron chi connectivity index (χ2n) is 18.8. The van der Waals surface area contributed by atoms with Gasteiger partial charge in [0.15, 0.2) is 10.9 Å². The summed E-state index contributed by atoms with van der Waals surface area (Å²) in [4.78, 5) is 28.5. The first kappa shape index (κ1) is 39.4. The summed E-state index contributed by atoms with van der Waals surface area (Å²) in [6, 6.07) is 66.2. The third-order valence-corrected chi connectivity index (χ3v) is 15.3. The van der Waals surface area contributed by atoms with Crippen LogP contribution in [0.3, 0.4) is 0 Å². The molecule has 6 heterocycles. The van der Waals surface area contributed by atoms with Gasteiger partial charge in [0.1, 0.15) is 34.5 Å². The van der Waals surface area contributed by atoms with E-state index in [1.807, 2.05) is 115 Å². The Morgan fingerprint density at radius 2 is 0.863 bits per heavy atom. The number of benzene rings is 10. The molecular weight excluding hydrogens is 903 g/mol. The Morgan fingerprint density at radius 1 is 0.370 bits per heavy atom. The minimum Gasteiger partial charge on any atom is -0.455 e. The van der Waals surface area contributed by atoms with Crippen LogP contribution in [-0.4, -0.2) is 13.5 Å². The van der Waals surface area contributed by atoms with Crippen LogP contribution in [0.2, 0.25) is 0 Å². The van der Waals surface area contributed by atoms with Crippen LogP contribution in [0.5, 0.6) is 0 Å². The molecule has 0 saturated heterocycles. The summed E-state index contributed by atoms with van der Waals surface area (Å²) in [5.41, 5.74) is 11.8. The highest BCUT2D eigenvalue weighted by atomic mass is 16.3. The number of nitrogens with zero attached hydrogens (tertiary/aromatic N) is 5. The third-order valence-electron chi connectivity index (χ3n) is 15.3. The lowest BCUT2D eigenvalue weighted by Crippen LogP contribution is -2.14. The van der Waals surface area contributed by atoms with Crippen LogP contribution >= 0.6 is 0 Å². The summed E-state index contributed by atoms with van der Waals surface area (Å²) in [5.74, 6) is 0. The van der Waals surface area contributed by atoms with Crippen molar-refractivity contribution in [2.75, 3.05) is 0 Å². The predicted molar refractivity (Wildman–Crippen MR) is 292 cm³/mol. The molecule has 0 aliphatic heterocycles. The second-order valence-corrected chi connectivity index (χ2v) is 18.8. The fourth-order valence-corrected chi connectivity index (χ4v) is 12.2. The number of pyridine rings is 2. The molecule has 9 heteroatoms. The largest absolute Gasteiger partial charge is 0.455 e. The molecule has 16 aromatic rings. The highest BCUT2D eigenvalue weighted by Gasteiger charge is 2.26. The van der Waals surface area contributed by atoms with E-state index in [2.05, 4.69) is 86.3 Å². The predicted octanol–water partition coefficient (Wildman–Crippen LogP) is 15.0. The number of para-hydroxylation sites is 5. The van der Waals surface area contributed by atoms with Gasteiger partial charge in [-0.05, 0) is 108 Å². The maximum absolute atomic E-state index is 14.7. The minimum absolute atomic E-state index is 0.0962. The van der Waals surface area contributed by atoms with Crippen molar-refractivity contribution in [3.63, 3.8) is 0 Å². The van der Waals surface area contributed by atoms with Crippen LogP contribution in [0.25, 0.3) is 148 Å². The zero-order chi connectivity index (χ0) is 48.4. The van der Waals surface area contributed by atoms with Crippen molar-refractivity contribution in [3.8, 4) is 34.6 Å². The second kappa shape index (κ2) is 14.1. The molecule has 0 spiro atoms. The molecule has 0 bridgehead atoms. The number of furan rings is 2. The van der Waals surface area contributed by atoms with Crippen LogP contribution < -0.4 is 10.9 Å². The van der Waals surface area contributed by atoms with Gasteiger partial charge in [0.25, 0.3) is 0 Å². The van der Waals surface area contributed by atoms with E-state index in [0.29, 0.717) is 55.1 Å². The fraction of sp³-hybridized carbons (Fsp3) is 0. The van der Waals surface area contributed by atoms with E-state index >= 15 is 0 Å². The van der Waals surface area contributed by atoms with E-state index in [4.69, 9.17) is 8.83 Å². The number of fused-ring (bicyclic) bond motifs is 18. The first-order valence-corrected chi connectivity index (χ1v) is 23.9. The summed E-state index contributed by atoms with van der Waals surface area (Å²) in [5, 5.41) is 31.0. The van der Waals surface area contributed by atoms with Gasteiger partial charge in [-0.1, -0.05) is 91.0 Å². The Balaban J connectivity index is 0.953. The lowest BCUT2D eigenvalue weighted by atomic mass is 9.96. The van der Waals surface area contributed by atoms with E-state index in [1.54, 1.807) is 12.1 Å². The number of nitriles is 2. The summed E-state index contributed by atoms with van der Waals surface area (Å²) < 4.78 is 20.1. The number of rotatable bonds is 3. The van der Waals surface area contributed by atoms with Crippen LogP contribution in [-0.2, 0) is 0 Å². The average Bonchev–Trinajstić information content (AvgIpc) is 4.20. The highest BCUT2D eigenvalue weighted by molar-refractivity contribution is 6.26. The first-order chi connectivity index (χ1) is 36.0. The van der Waals surface area contributed by atoms with E-state index in [-0.39, 0.29) is 22.0 Å². The molecule has 0 aliphatic rings. The van der Waals surface area contributed by atoms with E-state index in [9.17, 15) is 20.1 Å². The summed E-state index contributed by atoms with van der Waals surface area (Å²) in [7, 11) is 0. The van der Waals surface area contributed by atoms with Gasteiger partial charge >= 0.3 is 0 Å². The van der Waals surface area contributed by atoms with Crippen LogP contribution in [0.1, 0.15) is 11.1 Å². The zero-order valence-corrected chi connectivity index (χ0v) is 38.3. The molecule has 10 aromatic carbocycles. The molecule has 6 aromatic heterocycles. The van der Waals surface area contributed by atoms with Gasteiger partial charge in [-0.2, -0.15) is 10.5 Å². The Bertz CT molecular complexity index is 5420. The normalized spacial score (nSPS) is 12.2. The monoisotopic (exact) mass is 933 g/mol. The summed E-state index contributed by atoms with van der Waals surface area (Å²) >= 11 is 0. The Hall–Kier alpha value is -10.5. The van der Waals surface area contributed by atoms with Crippen LogP contribution in [0.4, 0.5) is 0 Å². The van der Waals surface area contributed by atoms with Gasteiger partial charge in [-0.15, -0.1) is 0 Å². The Morgan fingerprint density at radius 3 is 1.51 bits per heavy atom. The molecule has 0 fully saturated rings. The molecule has 9 nitrogen and oxygen atoms in total. The Labute approximate surface area is 410 Å². The topological polar surface area (TPSA) is 122 Å². The quantitative estimate of drug-likeness (QED) is 0.128. The zero-order valence-electron chi connectivity index (χ0n) is 38.3. The van der Waals surface area contributed by atoms with E-state index in [0.717, 1.165) is 93.0 Å². The lowest BCUT2D eigenvalue weighted by Gasteiger charge is -2.18. The average molecular weight is 934 g/mol. The molecule has 0 N–H and O–H groups in total. The molecular formula is C64H31N5O4. The molecule has 336 valence electrons. The molecule has 0 radical (unpaired) electrons. The van der Waals surface area contributed by atoms with Gasteiger partial charge in [-0.3, -0.25) is 9.59 Å². The minimum atomic E-state index is -0.143. The maximum atomic E-state index is 14.7. The third kappa shape index (κ3) is 5.01. The molecule has 0 aliphatic carbocycles. The van der Waals surface area contributed by atoms with E-state index in [1.165, 1.54) is 0 Å². The maximum Gasteiger partial charge on any atom is 0.197 e. The fourth-order valence-electron chi connectivity index (χ4n) is 12.2. The smallest absolute Gasteiger partial charge is 0.197 e. The van der Waals surface area contributed by atoms with Crippen molar-refractivity contribution < 1.29 is 8.83 Å².